The van der Waals surface area contributed by atoms with E-state index in [-0.39, 0.29) is 18.1 Å². The lowest BCUT2D eigenvalue weighted by molar-refractivity contribution is -0.0318. The van der Waals surface area contributed by atoms with E-state index in [1.165, 1.54) is 9.80 Å². The van der Waals surface area contributed by atoms with Crippen LogP contribution in [0.15, 0.2) is 36.9 Å². The molecule has 4 aliphatic heterocycles. The van der Waals surface area contributed by atoms with Gasteiger partial charge in [-0.1, -0.05) is 10.4 Å². The molecule has 3 aromatic rings. The minimum atomic E-state index is -4.74. The monoisotopic (exact) mass is 697 g/mol. The Morgan fingerprint density at radius 2 is 1.34 bits per heavy atom. The molecule has 0 spiro atoms. The summed E-state index contributed by atoms with van der Waals surface area (Å²) in [6, 6.07) is 1.50. The highest BCUT2D eigenvalue weighted by Crippen LogP contribution is 2.32. The number of carbonyl (C=O) groups is 2. The third-order valence-corrected chi connectivity index (χ3v) is 8.89. The Bertz CT molecular complexity index is 1840. The van der Waals surface area contributed by atoms with E-state index in [0.29, 0.717) is 57.6 Å². The van der Waals surface area contributed by atoms with Crippen LogP contribution in [0.4, 0.5) is 9.59 Å². The lowest BCUT2D eigenvalue weighted by Crippen LogP contribution is -2.42. The molecule has 4 bridgehead atoms. The van der Waals surface area contributed by atoms with Crippen molar-refractivity contribution in [3.63, 3.8) is 0 Å². The number of amides is 4. The van der Waals surface area contributed by atoms with Crippen molar-refractivity contribution in [1.82, 2.24) is 54.9 Å². The average molecular weight is 698 g/mol. The predicted molar refractivity (Wildman–Crippen MR) is 155 cm³/mol. The number of nitrogens with zero attached hydrogens (tertiary/aromatic N) is 11. The van der Waals surface area contributed by atoms with Gasteiger partial charge in [-0.05, 0) is 44.7 Å². The van der Waals surface area contributed by atoms with Crippen molar-refractivity contribution < 1.29 is 44.1 Å². The van der Waals surface area contributed by atoms with Crippen LogP contribution in [0.3, 0.4) is 0 Å². The molecule has 23 heteroatoms. The topological polar surface area (TPSA) is 249 Å². The summed E-state index contributed by atoms with van der Waals surface area (Å²) in [7, 11) is -9.44. The standard InChI is InChI=1S/C14H16N6O5S.C10H15N5O5S/c21-14-19-8-12(20(14)25-26(22,23)24)4-3-11(19)7-18-9-13(16-17-18)10-2-1-5-15-6-10;1-7-4-13(12-11-7)5-8-2-3-9-6-14(8)10(16)15(9)20-21(17,18)19/h1-2,5-6,9,11-12H,3-4,7-8H2,(H,22,23,24);4,8-9H,2-3,5-6H2,1H3,(H,17,18,19)/t11-,12+;8-,9+/m00/s1. The molecule has 4 aliphatic rings. The highest BCUT2D eigenvalue weighted by Gasteiger charge is 2.48. The van der Waals surface area contributed by atoms with Crippen molar-refractivity contribution in [3.05, 3.63) is 42.6 Å². The van der Waals surface area contributed by atoms with Gasteiger partial charge in [0, 0.05) is 37.2 Å². The quantitative estimate of drug-likeness (QED) is 0.278. The maximum atomic E-state index is 12.4. The smallest absolute Gasteiger partial charge is 0.316 e. The third kappa shape index (κ3) is 7.49. The maximum absolute atomic E-state index is 12.4. The molecule has 7 rings (SSSR count). The van der Waals surface area contributed by atoms with E-state index in [1.807, 2.05) is 19.1 Å². The normalized spacial score (nSPS) is 24.1. The highest BCUT2D eigenvalue weighted by molar-refractivity contribution is 7.81. The second kappa shape index (κ2) is 12.7. The van der Waals surface area contributed by atoms with Crippen LogP contribution in [0.2, 0.25) is 0 Å². The maximum Gasteiger partial charge on any atom is 0.418 e. The van der Waals surface area contributed by atoms with Crippen molar-refractivity contribution in [2.24, 2.45) is 0 Å². The van der Waals surface area contributed by atoms with Crippen LogP contribution in [0, 0.1) is 6.92 Å². The van der Waals surface area contributed by atoms with Crippen LogP contribution in [0.1, 0.15) is 31.4 Å². The van der Waals surface area contributed by atoms with Gasteiger partial charge in [-0.3, -0.25) is 18.8 Å². The van der Waals surface area contributed by atoms with Crippen LogP contribution in [0.25, 0.3) is 11.3 Å². The fourth-order valence-electron chi connectivity index (χ4n) is 6.15. The van der Waals surface area contributed by atoms with Gasteiger partial charge in [-0.15, -0.1) is 18.8 Å². The average Bonchev–Trinajstić information content (AvgIpc) is 3.76. The third-order valence-electron chi connectivity index (χ3n) is 8.19. The van der Waals surface area contributed by atoms with Gasteiger partial charge in [0.15, 0.2) is 0 Å². The number of hydrogen-bond donors (Lipinski definition) is 2. The number of aryl methyl sites for hydroxylation is 1. The summed E-state index contributed by atoms with van der Waals surface area (Å²) in [5, 5.41) is 17.5. The van der Waals surface area contributed by atoms with Gasteiger partial charge < -0.3 is 9.80 Å². The number of hydrogen-bond acceptors (Lipinski definition) is 13. The van der Waals surface area contributed by atoms with Gasteiger partial charge >= 0.3 is 32.9 Å². The molecule has 0 aromatic carbocycles. The molecule has 0 saturated carbocycles. The van der Waals surface area contributed by atoms with Crippen LogP contribution in [-0.4, -0.2) is 130 Å². The Labute approximate surface area is 268 Å². The Hall–Kier alpha value is -4.29. The van der Waals surface area contributed by atoms with Crippen molar-refractivity contribution in [2.75, 3.05) is 13.1 Å². The number of hydroxylamine groups is 4. The highest BCUT2D eigenvalue weighted by atomic mass is 32.3. The fraction of sp³-hybridized carbons (Fsp3) is 0.542. The minimum absolute atomic E-state index is 0.107. The van der Waals surface area contributed by atoms with Gasteiger partial charge in [0.1, 0.15) is 5.69 Å². The molecule has 4 amide bonds. The Balaban J connectivity index is 0.000000168. The van der Waals surface area contributed by atoms with E-state index in [1.54, 1.807) is 34.2 Å². The van der Waals surface area contributed by atoms with E-state index in [2.05, 4.69) is 34.2 Å². The Morgan fingerprint density at radius 1 is 0.809 bits per heavy atom. The summed E-state index contributed by atoms with van der Waals surface area (Å²) in [6.07, 6.45) is 9.42. The van der Waals surface area contributed by atoms with Crippen LogP contribution < -0.4 is 0 Å². The first kappa shape index (κ1) is 32.6. The number of aromatic nitrogens is 7. The first-order valence-corrected chi connectivity index (χ1v) is 17.2. The van der Waals surface area contributed by atoms with E-state index in [9.17, 15) is 26.4 Å². The van der Waals surface area contributed by atoms with Crippen molar-refractivity contribution in [2.45, 2.75) is 69.9 Å². The van der Waals surface area contributed by atoms with E-state index in [0.717, 1.165) is 21.4 Å². The fourth-order valence-corrected chi connectivity index (χ4v) is 6.93. The molecular weight excluding hydrogens is 666 g/mol. The molecule has 7 heterocycles. The van der Waals surface area contributed by atoms with Crippen molar-refractivity contribution >= 4 is 32.9 Å². The molecule has 21 nitrogen and oxygen atoms in total. The second-order valence-corrected chi connectivity index (χ2v) is 13.5. The van der Waals surface area contributed by atoms with E-state index < -0.39 is 38.9 Å². The number of rotatable bonds is 9. The van der Waals surface area contributed by atoms with Crippen molar-refractivity contribution in [3.8, 4) is 11.3 Å². The molecule has 0 aliphatic carbocycles. The van der Waals surface area contributed by atoms with Gasteiger partial charge in [-0.25, -0.2) is 14.3 Å². The largest absolute Gasteiger partial charge is 0.418 e. The van der Waals surface area contributed by atoms with E-state index >= 15 is 0 Å². The molecule has 4 fully saturated rings. The van der Waals surface area contributed by atoms with Gasteiger partial charge in [0.25, 0.3) is 0 Å². The molecule has 4 atom stereocenters. The summed E-state index contributed by atoms with van der Waals surface area (Å²) in [4.78, 5) is 31.7. The van der Waals surface area contributed by atoms with Crippen LogP contribution in [0.5, 0.6) is 0 Å². The van der Waals surface area contributed by atoms with Gasteiger partial charge in [0.05, 0.1) is 49.1 Å². The summed E-state index contributed by atoms with van der Waals surface area (Å²) in [5.74, 6) is 0. The number of carbonyl (C=O) groups excluding carboxylic acids is 2. The number of pyridine rings is 1. The Morgan fingerprint density at radius 3 is 1.81 bits per heavy atom. The summed E-state index contributed by atoms with van der Waals surface area (Å²) in [5.41, 5.74) is 2.30. The number of urea groups is 2. The first-order chi connectivity index (χ1) is 22.2. The Kier molecular flexibility index (Phi) is 8.84. The summed E-state index contributed by atoms with van der Waals surface area (Å²) < 4.78 is 73.1. The molecule has 2 N–H and O–H groups in total. The molecule has 4 saturated heterocycles. The molecular formula is C24H31N11O10S2. The zero-order valence-corrected chi connectivity index (χ0v) is 26.5. The van der Waals surface area contributed by atoms with E-state index in [4.69, 9.17) is 9.11 Å². The number of fused-ring (bicyclic) bond motifs is 4. The van der Waals surface area contributed by atoms with Crippen LogP contribution in [-0.2, 0) is 42.5 Å². The predicted octanol–water partition coefficient (Wildman–Crippen LogP) is -0.0674. The lowest BCUT2D eigenvalue weighted by Gasteiger charge is -2.29. The van der Waals surface area contributed by atoms with Gasteiger partial charge in [0.2, 0.25) is 0 Å². The summed E-state index contributed by atoms with van der Waals surface area (Å²) >= 11 is 0. The number of piperidine rings is 2. The first-order valence-electron chi connectivity index (χ1n) is 14.4. The molecule has 47 heavy (non-hydrogen) atoms. The lowest BCUT2D eigenvalue weighted by atomic mass is 10.0. The van der Waals surface area contributed by atoms with Gasteiger partial charge in [-0.2, -0.15) is 27.0 Å². The molecule has 0 radical (unpaired) electrons. The minimum Gasteiger partial charge on any atom is -0.316 e. The zero-order valence-electron chi connectivity index (χ0n) is 24.8. The SMILES string of the molecule is Cc1cn(C[C@@H]2CC[C@@H]3CN2C(=O)N3OS(=O)(=O)O)nn1.O=C1N2C[C@@H](CC[C@H]2Cn2cc(-c3cccnc3)nn2)N1OS(=O)(=O)O. The second-order valence-electron chi connectivity index (χ2n) is 11.4. The molecule has 254 valence electrons. The van der Waals surface area contributed by atoms with Crippen LogP contribution >= 0.6 is 0 Å². The van der Waals surface area contributed by atoms with Crippen molar-refractivity contribution in [1.29, 1.82) is 0 Å². The summed E-state index contributed by atoms with van der Waals surface area (Å²) in [6.45, 7) is 3.43. The molecule has 3 aromatic heterocycles. The zero-order chi connectivity index (χ0) is 33.5. The molecule has 0 unspecified atom stereocenters.